The lowest BCUT2D eigenvalue weighted by molar-refractivity contribution is -0.0265. The van der Waals surface area contributed by atoms with Crippen LogP contribution in [-0.2, 0) is 11.3 Å². The normalized spacial score (nSPS) is 18.8. The molecule has 0 saturated carbocycles. The molecule has 1 heterocycles. The van der Waals surface area contributed by atoms with Crippen LogP contribution in [0.25, 0.3) is 0 Å². The monoisotopic (exact) mass is 525 g/mol. The quantitative estimate of drug-likeness (QED) is 0.323. The van der Waals surface area contributed by atoms with Crippen LogP contribution in [0.5, 0.6) is 11.5 Å². The minimum absolute atomic E-state index is 0. The summed E-state index contributed by atoms with van der Waals surface area (Å²) in [6.45, 7) is 2.27. The number of hydrogen-bond acceptors (Lipinski definition) is 4. The first-order valence-corrected chi connectivity index (χ1v) is 10.1. The molecule has 0 aromatic heterocycles. The molecule has 2 atom stereocenters. The third kappa shape index (κ3) is 6.50. The summed E-state index contributed by atoms with van der Waals surface area (Å²) in [6.07, 6.45) is 2.36. The zero-order valence-corrected chi connectivity index (χ0v) is 20.2. The first-order valence-electron chi connectivity index (χ1n) is 10.1. The van der Waals surface area contributed by atoms with Crippen molar-refractivity contribution in [3.63, 3.8) is 0 Å². The van der Waals surface area contributed by atoms with Gasteiger partial charge in [0, 0.05) is 32.7 Å². The van der Waals surface area contributed by atoms with Gasteiger partial charge in [0.1, 0.15) is 0 Å². The van der Waals surface area contributed by atoms with E-state index < -0.39 is 0 Å². The van der Waals surface area contributed by atoms with E-state index in [2.05, 4.69) is 39.9 Å². The fraction of sp³-hybridized carbons (Fsp3) is 0.435. The highest BCUT2D eigenvalue weighted by Crippen LogP contribution is 2.33. The molecule has 1 aliphatic heterocycles. The molecule has 0 spiro atoms. The highest BCUT2D eigenvalue weighted by atomic mass is 127. The molecule has 2 N–H and O–H groups in total. The van der Waals surface area contributed by atoms with E-state index in [1.54, 1.807) is 21.3 Å². The lowest BCUT2D eigenvalue weighted by Gasteiger charge is -2.32. The Morgan fingerprint density at radius 2 is 1.83 bits per heavy atom. The second-order valence-electron chi connectivity index (χ2n) is 7.10. The number of nitrogens with one attached hydrogen (secondary N) is 2. The third-order valence-electron chi connectivity index (χ3n) is 5.24. The number of halogens is 1. The summed E-state index contributed by atoms with van der Waals surface area (Å²) in [5, 5.41) is 6.83. The zero-order chi connectivity index (χ0) is 20.5. The van der Waals surface area contributed by atoms with E-state index in [1.165, 1.54) is 5.56 Å². The summed E-state index contributed by atoms with van der Waals surface area (Å²) in [4.78, 5) is 4.36. The van der Waals surface area contributed by atoms with E-state index >= 15 is 0 Å². The van der Waals surface area contributed by atoms with Crippen molar-refractivity contribution < 1.29 is 14.2 Å². The fourth-order valence-electron chi connectivity index (χ4n) is 3.69. The maximum absolute atomic E-state index is 6.09. The Labute approximate surface area is 196 Å². The molecule has 6 nitrogen and oxygen atoms in total. The summed E-state index contributed by atoms with van der Waals surface area (Å²) < 4.78 is 16.8. The predicted molar refractivity (Wildman–Crippen MR) is 131 cm³/mol. The van der Waals surface area contributed by atoms with E-state index in [4.69, 9.17) is 14.2 Å². The molecule has 0 amide bonds. The van der Waals surface area contributed by atoms with Gasteiger partial charge >= 0.3 is 0 Å². The van der Waals surface area contributed by atoms with Crippen molar-refractivity contribution in [3.8, 4) is 11.5 Å². The van der Waals surface area contributed by atoms with E-state index in [-0.39, 0.29) is 30.1 Å². The Bertz CT molecular complexity index is 802. The molecular weight excluding hydrogens is 493 g/mol. The van der Waals surface area contributed by atoms with Gasteiger partial charge in [-0.1, -0.05) is 36.4 Å². The highest BCUT2D eigenvalue weighted by molar-refractivity contribution is 14.0. The molecule has 2 unspecified atom stereocenters. The zero-order valence-electron chi connectivity index (χ0n) is 17.9. The van der Waals surface area contributed by atoms with Gasteiger partial charge in [0.25, 0.3) is 0 Å². The molecular formula is C23H32IN3O3. The number of benzene rings is 2. The molecule has 30 heavy (non-hydrogen) atoms. The van der Waals surface area contributed by atoms with E-state index in [9.17, 15) is 0 Å². The van der Waals surface area contributed by atoms with Gasteiger partial charge in [-0.3, -0.25) is 4.99 Å². The summed E-state index contributed by atoms with van der Waals surface area (Å²) in [7, 11) is 5.07. The van der Waals surface area contributed by atoms with Gasteiger partial charge in [0.05, 0.1) is 20.3 Å². The second kappa shape index (κ2) is 12.6. The van der Waals surface area contributed by atoms with Crippen LogP contribution < -0.4 is 20.1 Å². The van der Waals surface area contributed by atoms with Gasteiger partial charge in [-0.15, -0.1) is 24.0 Å². The van der Waals surface area contributed by atoms with Crippen molar-refractivity contribution in [2.45, 2.75) is 25.5 Å². The van der Waals surface area contributed by atoms with Crippen molar-refractivity contribution in [1.82, 2.24) is 10.6 Å². The lowest BCUT2D eigenvalue weighted by Crippen LogP contribution is -2.41. The number of nitrogens with zero attached hydrogens (tertiary/aromatic N) is 1. The molecule has 7 heteroatoms. The van der Waals surface area contributed by atoms with Crippen molar-refractivity contribution in [3.05, 3.63) is 59.7 Å². The first kappa shape index (κ1) is 24.3. The number of guanidine groups is 1. The predicted octanol–water partition coefficient (Wildman–Crippen LogP) is 4.15. The van der Waals surface area contributed by atoms with Crippen LogP contribution >= 0.6 is 24.0 Å². The average molecular weight is 525 g/mol. The largest absolute Gasteiger partial charge is 0.493 e. The molecule has 0 radical (unpaired) electrons. The summed E-state index contributed by atoms with van der Waals surface area (Å²) in [5.41, 5.74) is 2.33. The van der Waals surface area contributed by atoms with Gasteiger partial charge in [-0.05, 0) is 36.1 Å². The number of methoxy groups -OCH3 is 2. The first-order chi connectivity index (χ1) is 14.2. The van der Waals surface area contributed by atoms with Crippen LogP contribution in [0, 0.1) is 5.92 Å². The Hall–Kier alpha value is -2.00. The van der Waals surface area contributed by atoms with E-state index in [0.717, 1.165) is 49.0 Å². The molecule has 164 valence electrons. The van der Waals surface area contributed by atoms with E-state index in [0.29, 0.717) is 12.5 Å². The van der Waals surface area contributed by atoms with E-state index in [1.807, 2.05) is 24.3 Å². The number of aliphatic imine (C=N–C) groups is 1. The fourth-order valence-corrected chi connectivity index (χ4v) is 3.69. The Morgan fingerprint density at radius 3 is 2.53 bits per heavy atom. The maximum atomic E-state index is 6.09. The van der Waals surface area contributed by atoms with Gasteiger partial charge in [0.2, 0.25) is 0 Å². The SMILES string of the molecule is CN=C(NCc1ccc(OC)c(OC)c1)NCC1CCCOC1c1ccccc1.I. The highest BCUT2D eigenvalue weighted by Gasteiger charge is 2.27. The van der Waals surface area contributed by atoms with Crippen LogP contribution in [0.1, 0.15) is 30.1 Å². The Balaban J connectivity index is 0.00000320. The minimum atomic E-state index is 0. The maximum Gasteiger partial charge on any atom is 0.191 e. The Kier molecular flexibility index (Phi) is 10.2. The number of ether oxygens (including phenoxy) is 3. The second-order valence-corrected chi connectivity index (χ2v) is 7.10. The van der Waals surface area contributed by atoms with Crippen LogP contribution in [0.3, 0.4) is 0 Å². The van der Waals surface area contributed by atoms with Crippen molar-refractivity contribution >= 4 is 29.9 Å². The molecule has 2 aromatic carbocycles. The molecule has 3 rings (SSSR count). The summed E-state index contributed by atoms with van der Waals surface area (Å²) in [6, 6.07) is 16.4. The summed E-state index contributed by atoms with van der Waals surface area (Å²) >= 11 is 0. The Morgan fingerprint density at radius 1 is 1.07 bits per heavy atom. The third-order valence-corrected chi connectivity index (χ3v) is 5.24. The average Bonchev–Trinajstić information content (AvgIpc) is 2.79. The van der Waals surface area contributed by atoms with Crippen molar-refractivity contribution in [2.75, 3.05) is 34.4 Å². The molecule has 1 fully saturated rings. The molecule has 2 aromatic rings. The summed E-state index contributed by atoms with van der Waals surface area (Å²) in [5.74, 6) is 2.63. The number of rotatable bonds is 7. The lowest BCUT2D eigenvalue weighted by atomic mass is 9.89. The van der Waals surface area contributed by atoms with Crippen LogP contribution in [0.2, 0.25) is 0 Å². The van der Waals surface area contributed by atoms with Crippen LogP contribution in [-0.4, -0.2) is 40.4 Å². The minimum Gasteiger partial charge on any atom is -0.493 e. The van der Waals surface area contributed by atoms with Crippen molar-refractivity contribution in [2.24, 2.45) is 10.9 Å². The number of hydrogen-bond donors (Lipinski definition) is 2. The molecule has 0 bridgehead atoms. The van der Waals surface area contributed by atoms with Crippen molar-refractivity contribution in [1.29, 1.82) is 0 Å². The standard InChI is InChI=1S/C23H31N3O3.HI/c1-24-23(25-15-17-11-12-20(27-2)21(14-17)28-3)26-16-19-10-7-13-29-22(19)18-8-5-4-6-9-18;/h4-6,8-9,11-12,14,19,22H,7,10,13,15-16H2,1-3H3,(H2,24,25,26);1H. The van der Waals surface area contributed by atoms with Crippen LogP contribution in [0.4, 0.5) is 0 Å². The molecule has 1 saturated heterocycles. The topological polar surface area (TPSA) is 64.1 Å². The van der Waals surface area contributed by atoms with Gasteiger partial charge in [-0.2, -0.15) is 0 Å². The smallest absolute Gasteiger partial charge is 0.191 e. The van der Waals surface area contributed by atoms with Gasteiger partial charge < -0.3 is 24.8 Å². The van der Waals surface area contributed by atoms with Gasteiger partial charge in [0.15, 0.2) is 17.5 Å². The van der Waals surface area contributed by atoms with Crippen LogP contribution in [0.15, 0.2) is 53.5 Å². The molecule has 0 aliphatic carbocycles. The van der Waals surface area contributed by atoms with Gasteiger partial charge in [-0.25, -0.2) is 0 Å². The molecule has 1 aliphatic rings.